The molecule has 0 saturated heterocycles. The molecule has 0 atom stereocenters. The van der Waals surface area contributed by atoms with Crippen LogP contribution >= 0.6 is 11.3 Å². The molecule has 0 saturated carbocycles. The minimum absolute atomic E-state index is 0.436. The van der Waals surface area contributed by atoms with Crippen molar-refractivity contribution in [3.8, 4) is 23.3 Å². The highest BCUT2D eigenvalue weighted by Crippen LogP contribution is 2.37. The average Bonchev–Trinajstić information content (AvgIpc) is 3.75. The van der Waals surface area contributed by atoms with Gasteiger partial charge in [-0.1, -0.05) is 48.5 Å². The maximum absolute atomic E-state index is 5.13. The Kier molecular flexibility index (Phi) is 5.00. The van der Waals surface area contributed by atoms with Crippen molar-refractivity contribution in [1.29, 1.82) is 0 Å². The van der Waals surface area contributed by atoms with Crippen LogP contribution in [0.15, 0.2) is 122 Å². The molecular formula is C36H20N8S. The molecule has 7 aromatic heterocycles. The molecule has 8 nitrogen and oxygen atoms in total. The Bertz CT molecular complexity index is 2550. The van der Waals surface area contributed by atoms with E-state index in [1.54, 1.807) is 29.9 Å². The summed E-state index contributed by atoms with van der Waals surface area (Å²) in [6.45, 7) is 0. The van der Waals surface area contributed by atoms with Crippen LogP contribution in [0.25, 0.3) is 87.5 Å². The highest BCUT2D eigenvalue weighted by molar-refractivity contribution is 7.25. The lowest BCUT2D eigenvalue weighted by molar-refractivity contribution is 0.879. The topological polar surface area (TPSA) is 87.2 Å². The molecule has 45 heavy (non-hydrogen) atoms. The molecule has 0 aliphatic carbocycles. The van der Waals surface area contributed by atoms with E-state index < -0.39 is 0 Å². The van der Waals surface area contributed by atoms with Crippen molar-refractivity contribution in [2.75, 3.05) is 0 Å². The monoisotopic (exact) mass is 596 g/mol. The second kappa shape index (κ2) is 9.22. The molecule has 0 aliphatic rings. The van der Waals surface area contributed by atoms with Gasteiger partial charge in [0.15, 0.2) is 5.82 Å². The first-order valence-electron chi connectivity index (χ1n) is 14.5. The number of aromatic nitrogens is 8. The predicted octanol–water partition coefficient (Wildman–Crippen LogP) is 8.29. The van der Waals surface area contributed by atoms with E-state index >= 15 is 0 Å². The van der Waals surface area contributed by atoms with Gasteiger partial charge < -0.3 is 0 Å². The number of pyridine rings is 3. The van der Waals surface area contributed by atoms with Crippen molar-refractivity contribution in [2.45, 2.75) is 0 Å². The maximum atomic E-state index is 5.13. The Morgan fingerprint density at radius 1 is 0.444 bits per heavy atom. The van der Waals surface area contributed by atoms with Crippen LogP contribution in [0, 0.1) is 0 Å². The molecule has 210 valence electrons. The standard InChI is InChI=1S/C36H20N8S/c1-3-13-28-22(8-1)25-10-5-17-37-32(25)43(28)35-40-31(21-15-16-24-23-9-2-4-14-29(23)45-30(24)20-21)41-36(42-35)44-33-26(11-6-18-38-33)27-12-7-19-39-34(27)44/h1-20H. The number of thiophene rings is 1. The Morgan fingerprint density at radius 2 is 1.00 bits per heavy atom. The molecule has 10 rings (SSSR count). The molecular weight excluding hydrogens is 577 g/mol. The first-order valence-corrected chi connectivity index (χ1v) is 15.4. The smallest absolute Gasteiger partial charge is 0.242 e. The maximum Gasteiger partial charge on any atom is 0.242 e. The van der Waals surface area contributed by atoms with Crippen molar-refractivity contribution >= 4 is 75.5 Å². The Balaban J connectivity index is 1.31. The summed E-state index contributed by atoms with van der Waals surface area (Å²) in [5, 5.41) is 6.54. The van der Waals surface area contributed by atoms with Crippen LogP contribution < -0.4 is 0 Å². The number of hydrogen-bond acceptors (Lipinski definition) is 7. The molecule has 0 amide bonds. The van der Waals surface area contributed by atoms with Gasteiger partial charge in [0.1, 0.15) is 16.9 Å². The Labute approximate surface area is 258 Å². The van der Waals surface area contributed by atoms with E-state index in [4.69, 9.17) is 29.9 Å². The summed E-state index contributed by atoms with van der Waals surface area (Å²) in [5.74, 6) is 1.46. The van der Waals surface area contributed by atoms with Crippen LogP contribution in [0.3, 0.4) is 0 Å². The molecule has 0 spiro atoms. The van der Waals surface area contributed by atoms with Gasteiger partial charge in [0.25, 0.3) is 0 Å². The summed E-state index contributed by atoms with van der Waals surface area (Å²) in [6, 6.07) is 35.2. The molecule has 9 heteroatoms. The fourth-order valence-corrected chi connectivity index (χ4v) is 7.55. The fraction of sp³-hybridized carbons (Fsp3) is 0. The first-order chi connectivity index (χ1) is 22.3. The van der Waals surface area contributed by atoms with E-state index in [9.17, 15) is 0 Å². The third-order valence-electron chi connectivity index (χ3n) is 8.37. The zero-order valence-electron chi connectivity index (χ0n) is 23.5. The van der Waals surface area contributed by atoms with Gasteiger partial charge in [0, 0.05) is 65.9 Å². The van der Waals surface area contributed by atoms with Crippen LogP contribution in [0.1, 0.15) is 0 Å². The Morgan fingerprint density at radius 3 is 1.73 bits per heavy atom. The van der Waals surface area contributed by atoms with Crippen molar-refractivity contribution < 1.29 is 0 Å². The number of benzene rings is 3. The van der Waals surface area contributed by atoms with Gasteiger partial charge in [-0.05, 0) is 54.6 Å². The third-order valence-corrected chi connectivity index (χ3v) is 9.50. The van der Waals surface area contributed by atoms with E-state index in [2.05, 4.69) is 72.8 Å². The summed E-state index contributed by atoms with van der Waals surface area (Å²) in [4.78, 5) is 29.7. The zero-order valence-corrected chi connectivity index (χ0v) is 24.3. The summed E-state index contributed by atoms with van der Waals surface area (Å²) < 4.78 is 6.38. The van der Waals surface area contributed by atoms with Gasteiger partial charge in [-0.25, -0.2) is 19.5 Å². The van der Waals surface area contributed by atoms with Crippen molar-refractivity contribution in [3.63, 3.8) is 0 Å². The molecule has 0 radical (unpaired) electrons. The summed E-state index contributed by atoms with van der Waals surface area (Å²) in [7, 11) is 0. The van der Waals surface area contributed by atoms with Crippen LogP contribution in [-0.2, 0) is 0 Å². The fourth-order valence-electron chi connectivity index (χ4n) is 6.41. The lowest BCUT2D eigenvalue weighted by atomic mass is 10.1. The SMILES string of the molecule is c1ccc2c(c1)sc1cc(-c3nc(-n4c5ccccc5c5cccnc54)nc(-n4c5ncccc5c5cccnc54)n3)ccc12. The normalized spacial score (nSPS) is 12.0. The molecule has 7 heterocycles. The lowest BCUT2D eigenvalue weighted by Gasteiger charge is -2.11. The van der Waals surface area contributed by atoms with E-state index in [0.717, 1.165) is 49.6 Å². The number of para-hydroxylation sites is 1. The number of hydrogen-bond donors (Lipinski definition) is 0. The highest BCUT2D eigenvalue weighted by atomic mass is 32.1. The molecule has 10 aromatic rings. The van der Waals surface area contributed by atoms with Crippen LogP contribution in [0.2, 0.25) is 0 Å². The van der Waals surface area contributed by atoms with Crippen molar-refractivity contribution in [1.82, 2.24) is 39.0 Å². The van der Waals surface area contributed by atoms with E-state index in [-0.39, 0.29) is 0 Å². The van der Waals surface area contributed by atoms with Crippen molar-refractivity contribution in [3.05, 3.63) is 122 Å². The van der Waals surface area contributed by atoms with Gasteiger partial charge in [0.05, 0.1) is 5.52 Å². The van der Waals surface area contributed by atoms with E-state index in [0.29, 0.717) is 17.7 Å². The number of fused-ring (bicyclic) bond motifs is 9. The van der Waals surface area contributed by atoms with Gasteiger partial charge in [0.2, 0.25) is 11.9 Å². The molecule has 0 N–H and O–H groups in total. The second-order valence-corrected chi connectivity index (χ2v) is 12.0. The lowest BCUT2D eigenvalue weighted by Crippen LogP contribution is -2.11. The van der Waals surface area contributed by atoms with Crippen molar-refractivity contribution in [2.24, 2.45) is 0 Å². The minimum Gasteiger partial charge on any atom is -0.262 e. The number of rotatable bonds is 3. The van der Waals surface area contributed by atoms with Crippen LogP contribution in [0.4, 0.5) is 0 Å². The van der Waals surface area contributed by atoms with Gasteiger partial charge in [-0.3, -0.25) is 4.57 Å². The molecule has 0 aliphatic heterocycles. The number of nitrogens with zero attached hydrogens (tertiary/aromatic N) is 8. The molecule has 0 fully saturated rings. The zero-order chi connectivity index (χ0) is 29.5. The van der Waals surface area contributed by atoms with Gasteiger partial charge >= 0.3 is 0 Å². The second-order valence-electron chi connectivity index (χ2n) is 10.9. The summed E-state index contributed by atoms with van der Waals surface area (Å²) in [5.41, 5.74) is 4.10. The molecule has 0 unspecified atom stereocenters. The quantitative estimate of drug-likeness (QED) is 0.204. The van der Waals surface area contributed by atoms with Crippen LogP contribution in [0.5, 0.6) is 0 Å². The van der Waals surface area contributed by atoms with E-state index in [1.165, 1.54) is 20.2 Å². The molecule has 0 bridgehead atoms. The van der Waals surface area contributed by atoms with E-state index in [1.807, 2.05) is 39.5 Å². The van der Waals surface area contributed by atoms with Crippen LogP contribution in [-0.4, -0.2) is 39.0 Å². The highest BCUT2D eigenvalue weighted by Gasteiger charge is 2.22. The Hall–Kier alpha value is -6.06. The minimum atomic E-state index is 0.436. The largest absolute Gasteiger partial charge is 0.262 e. The first kappa shape index (κ1) is 24.4. The molecule has 3 aromatic carbocycles. The summed E-state index contributed by atoms with van der Waals surface area (Å²) in [6.07, 6.45) is 5.37. The third kappa shape index (κ3) is 3.52. The predicted molar refractivity (Wildman–Crippen MR) is 180 cm³/mol. The van der Waals surface area contributed by atoms with Gasteiger partial charge in [-0.15, -0.1) is 11.3 Å². The summed E-state index contributed by atoms with van der Waals surface area (Å²) >= 11 is 1.77. The van der Waals surface area contributed by atoms with Gasteiger partial charge in [-0.2, -0.15) is 15.0 Å². The average molecular weight is 597 g/mol.